The zero-order valence-corrected chi connectivity index (χ0v) is 13.1. The zero-order chi connectivity index (χ0) is 15.4. The van der Waals surface area contributed by atoms with Crippen molar-refractivity contribution in [3.8, 4) is 0 Å². The minimum absolute atomic E-state index is 0.0143. The SMILES string of the molecule is Cc1cc2cc(NC(=O)CSCc3cccnc3)ccc2[nH]1. The Labute approximate surface area is 133 Å². The molecule has 3 aromatic rings. The van der Waals surface area contributed by atoms with Gasteiger partial charge in [0.1, 0.15) is 0 Å². The Balaban J connectivity index is 1.54. The molecule has 0 spiro atoms. The first-order chi connectivity index (χ1) is 10.7. The Bertz CT molecular complexity index is 783. The molecule has 0 saturated heterocycles. The van der Waals surface area contributed by atoms with Crippen LogP contribution < -0.4 is 5.32 Å². The number of pyridine rings is 1. The molecule has 3 rings (SSSR count). The van der Waals surface area contributed by atoms with Crippen LogP contribution in [0.2, 0.25) is 0 Å². The first-order valence-corrected chi connectivity index (χ1v) is 8.22. The fourth-order valence-corrected chi connectivity index (χ4v) is 3.06. The van der Waals surface area contributed by atoms with Crippen LogP contribution in [0.15, 0.2) is 48.8 Å². The number of hydrogen-bond acceptors (Lipinski definition) is 3. The highest BCUT2D eigenvalue weighted by molar-refractivity contribution is 7.99. The molecule has 112 valence electrons. The van der Waals surface area contributed by atoms with Crippen molar-refractivity contribution < 1.29 is 4.79 Å². The van der Waals surface area contributed by atoms with Crippen molar-refractivity contribution in [2.24, 2.45) is 0 Å². The molecule has 0 aliphatic carbocycles. The lowest BCUT2D eigenvalue weighted by atomic mass is 10.2. The second-order valence-corrected chi connectivity index (χ2v) is 6.14. The molecule has 2 aromatic heterocycles. The quantitative estimate of drug-likeness (QED) is 0.754. The number of rotatable bonds is 5. The van der Waals surface area contributed by atoms with Gasteiger partial charge in [-0.15, -0.1) is 11.8 Å². The molecule has 0 fully saturated rings. The van der Waals surface area contributed by atoms with Crippen LogP contribution >= 0.6 is 11.8 Å². The normalized spacial score (nSPS) is 10.8. The van der Waals surface area contributed by atoms with Gasteiger partial charge >= 0.3 is 0 Å². The van der Waals surface area contributed by atoms with E-state index in [-0.39, 0.29) is 5.91 Å². The Morgan fingerprint density at radius 3 is 3.05 bits per heavy atom. The summed E-state index contributed by atoms with van der Waals surface area (Å²) in [7, 11) is 0. The van der Waals surface area contributed by atoms with Gasteiger partial charge in [0.2, 0.25) is 5.91 Å². The van der Waals surface area contributed by atoms with Crippen molar-refractivity contribution in [1.29, 1.82) is 0 Å². The molecule has 2 heterocycles. The average Bonchev–Trinajstić information content (AvgIpc) is 2.87. The predicted octanol–water partition coefficient (Wildman–Crippen LogP) is 3.74. The largest absolute Gasteiger partial charge is 0.359 e. The highest BCUT2D eigenvalue weighted by atomic mass is 32.2. The maximum Gasteiger partial charge on any atom is 0.234 e. The summed E-state index contributed by atoms with van der Waals surface area (Å²) >= 11 is 1.58. The van der Waals surface area contributed by atoms with E-state index in [2.05, 4.69) is 21.4 Å². The molecule has 22 heavy (non-hydrogen) atoms. The Kier molecular flexibility index (Phi) is 4.44. The molecule has 0 aliphatic rings. The number of fused-ring (bicyclic) bond motifs is 1. The van der Waals surface area contributed by atoms with Crippen LogP contribution in [0.1, 0.15) is 11.3 Å². The summed E-state index contributed by atoms with van der Waals surface area (Å²) in [5.41, 5.74) is 4.16. The van der Waals surface area contributed by atoms with Crippen molar-refractivity contribution >= 4 is 34.3 Å². The van der Waals surface area contributed by atoms with Crippen molar-refractivity contribution in [3.05, 3.63) is 60.0 Å². The van der Waals surface area contributed by atoms with Gasteiger partial charge in [0.25, 0.3) is 0 Å². The summed E-state index contributed by atoms with van der Waals surface area (Å²) in [4.78, 5) is 19.3. The van der Waals surface area contributed by atoms with E-state index in [1.165, 1.54) is 0 Å². The molecule has 0 atom stereocenters. The first kappa shape index (κ1) is 14.7. The third-order valence-electron chi connectivity index (χ3n) is 3.26. The lowest BCUT2D eigenvalue weighted by molar-refractivity contribution is -0.113. The predicted molar refractivity (Wildman–Crippen MR) is 92.1 cm³/mol. The topological polar surface area (TPSA) is 57.8 Å². The van der Waals surface area contributed by atoms with Crippen LogP contribution in [0.3, 0.4) is 0 Å². The number of benzene rings is 1. The summed E-state index contributed by atoms with van der Waals surface area (Å²) in [6, 6.07) is 11.9. The molecule has 0 saturated carbocycles. The fraction of sp³-hybridized carbons (Fsp3) is 0.176. The summed E-state index contributed by atoms with van der Waals surface area (Å²) < 4.78 is 0. The van der Waals surface area contributed by atoms with Crippen LogP contribution in [0.25, 0.3) is 10.9 Å². The van der Waals surface area contributed by atoms with E-state index in [0.717, 1.165) is 33.6 Å². The first-order valence-electron chi connectivity index (χ1n) is 7.06. The average molecular weight is 311 g/mol. The van der Waals surface area contributed by atoms with Crippen LogP contribution in [-0.4, -0.2) is 21.6 Å². The van der Waals surface area contributed by atoms with E-state index in [1.807, 2.05) is 43.5 Å². The number of aromatic amines is 1. The standard InChI is InChI=1S/C17H17N3OS/c1-12-7-14-8-15(4-5-16(14)19-12)20-17(21)11-22-10-13-3-2-6-18-9-13/h2-9,19H,10-11H2,1H3,(H,20,21). The van der Waals surface area contributed by atoms with Gasteiger partial charge in [-0.3, -0.25) is 9.78 Å². The van der Waals surface area contributed by atoms with Gasteiger partial charge in [0, 0.05) is 40.4 Å². The molecular weight excluding hydrogens is 294 g/mol. The van der Waals surface area contributed by atoms with Crippen molar-refractivity contribution in [2.75, 3.05) is 11.1 Å². The Morgan fingerprint density at radius 2 is 2.23 bits per heavy atom. The van der Waals surface area contributed by atoms with E-state index in [0.29, 0.717) is 5.75 Å². The molecule has 4 nitrogen and oxygen atoms in total. The monoisotopic (exact) mass is 311 g/mol. The second-order valence-electron chi connectivity index (χ2n) is 5.16. The van der Waals surface area contributed by atoms with Gasteiger partial charge in [-0.25, -0.2) is 0 Å². The van der Waals surface area contributed by atoms with Gasteiger partial charge < -0.3 is 10.3 Å². The van der Waals surface area contributed by atoms with E-state index in [9.17, 15) is 4.79 Å². The third-order valence-corrected chi connectivity index (χ3v) is 4.27. The number of anilines is 1. The third kappa shape index (κ3) is 3.68. The van der Waals surface area contributed by atoms with Crippen LogP contribution in [0.5, 0.6) is 0 Å². The van der Waals surface area contributed by atoms with Gasteiger partial charge in [0.15, 0.2) is 0 Å². The number of carbonyl (C=O) groups is 1. The number of hydrogen-bond donors (Lipinski definition) is 2. The number of H-pyrrole nitrogens is 1. The van der Waals surface area contributed by atoms with E-state index >= 15 is 0 Å². The molecular formula is C17H17N3OS. The number of amides is 1. The van der Waals surface area contributed by atoms with Gasteiger partial charge in [-0.1, -0.05) is 6.07 Å². The number of carbonyl (C=O) groups excluding carboxylic acids is 1. The van der Waals surface area contributed by atoms with Gasteiger partial charge in [-0.2, -0.15) is 0 Å². The number of thioether (sulfide) groups is 1. The lowest BCUT2D eigenvalue weighted by Gasteiger charge is -2.05. The molecule has 0 radical (unpaired) electrons. The molecule has 0 aliphatic heterocycles. The maximum absolute atomic E-state index is 12.0. The number of nitrogens with one attached hydrogen (secondary N) is 2. The fourth-order valence-electron chi connectivity index (χ4n) is 2.30. The van der Waals surface area contributed by atoms with Crippen molar-refractivity contribution in [2.45, 2.75) is 12.7 Å². The number of aromatic nitrogens is 2. The Hall–Kier alpha value is -2.27. The number of nitrogens with zero attached hydrogens (tertiary/aromatic N) is 1. The molecule has 2 N–H and O–H groups in total. The smallest absolute Gasteiger partial charge is 0.234 e. The van der Waals surface area contributed by atoms with Crippen molar-refractivity contribution in [3.63, 3.8) is 0 Å². The van der Waals surface area contributed by atoms with Gasteiger partial charge in [-0.05, 0) is 42.8 Å². The molecule has 1 amide bonds. The van der Waals surface area contributed by atoms with Crippen LogP contribution in [0.4, 0.5) is 5.69 Å². The van der Waals surface area contributed by atoms with Gasteiger partial charge in [0.05, 0.1) is 5.75 Å². The minimum atomic E-state index is 0.0143. The number of aryl methyl sites for hydroxylation is 1. The summed E-state index contributed by atoms with van der Waals surface area (Å²) in [6.45, 7) is 2.02. The van der Waals surface area contributed by atoms with E-state index in [4.69, 9.17) is 0 Å². The highest BCUT2D eigenvalue weighted by Crippen LogP contribution is 2.20. The van der Waals surface area contributed by atoms with E-state index in [1.54, 1.807) is 18.0 Å². The Morgan fingerprint density at radius 1 is 1.32 bits per heavy atom. The molecule has 0 bridgehead atoms. The summed E-state index contributed by atoms with van der Waals surface area (Å²) in [5, 5.41) is 4.05. The molecule has 5 heteroatoms. The second kappa shape index (κ2) is 6.66. The lowest BCUT2D eigenvalue weighted by Crippen LogP contribution is -2.14. The van der Waals surface area contributed by atoms with Crippen LogP contribution in [-0.2, 0) is 10.5 Å². The minimum Gasteiger partial charge on any atom is -0.359 e. The van der Waals surface area contributed by atoms with Crippen molar-refractivity contribution in [1.82, 2.24) is 9.97 Å². The highest BCUT2D eigenvalue weighted by Gasteiger charge is 2.05. The summed E-state index contributed by atoms with van der Waals surface area (Å²) in [5.74, 6) is 1.23. The summed E-state index contributed by atoms with van der Waals surface area (Å²) in [6.07, 6.45) is 3.58. The zero-order valence-electron chi connectivity index (χ0n) is 12.3. The molecule has 1 aromatic carbocycles. The van der Waals surface area contributed by atoms with Crippen LogP contribution in [0, 0.1) is 6.92 Å². The van der Waals surface area contributed by atoms with E-state index < -0.39 is 0 Å². The maximum atomic E-state index is 12.0. The molecule has 0 unspecified atom stereocenters.